The molecule has 1 aromatic rings. The lowest BCUT2D eigenvalue weighted by Gasteiger charge is -2.36. The summed E-state index contributed by atoms with van der Waals surface area (Å²) in [6.07, 6.45) is 3.73. The highest BCUT2D eigenvalue weighted by Crippen LogP contribution is 2.39. The summed E-state index contributed by atoms with van der Waals surface area (Å²) in [5, 5.41) is 3.24. The SMILES string of the molecule is CSC1(CNc2ccc(C(F)(F)F)cc2N)CCCCC1. The molecule has 0 amide bonds. The Hall–Kier alpha value is -1.04. The summed E-state index contributed by atoms with van der Waals surface area (Å²) in [5.74, 6) is 0. The number of thioether (sulfide) groups is 1. The largest absolute Gasteiger partial charge is 0.416 e. The maximum absolute atomic E-state index is 12.6. The zero-order valence-corrected chi connectivity index (χ0v) is 12.9. The molecule has 0 bridgehead atoms. The number of nitrogens with one attached hydrogen (secondary N) is 1. The highest BCUT2D eigenvalue weighted by molar-refractivity contribution is 8.00. The second kappa shape index (κ2) is 6.38. The predicted octanol–water partition coefficient (Wildman–Crippen LogP) is 4.77. The van der Waals surface area contributed by atoms with Gasteiger partial charge in [-0.05, 0) is 37.3 Å². The lowest BCUT2D eigenvalue weighted by Crippen LogP contribution is -2.35. The molecule has 21 heavy (non-hydrogen) atoms. The van der Waals surface area contributed by atoms with E-state index in [1.807, 2.05) is 11.8 Å². The Labute approximate surface area is 127 Å². The Bertz CT molecular complexity index is 482. The van der Waals surface area contributed by atoms with Crippen molar-refractivity contribution in [3.63, 3.8) is 0 Å². The number of nitrogen functional groups attached to an aromatic ring is 1. The van der Waals surface area contributed by atoms with Crippen LogP contribution in [0.4, 0.5) is 24.5 Å². The molecule has 0 aliphatic heterocycles. The van der Waals surface area contributed by atoms with Crippen LogP contribution in [-0.4, -0.2) is 17.5 Å². The van der Waals surface area contributed by atoms with Crippen LogP contribution in [0.2, 0.25) is 0 Å². The molecular formula is C15H21F3N2S. The van der Waals surface area contributed by atoms with Gasteiger partial charge in [-0.15, -0.1) is 0 Å². The number of alkyl halides is 3. The molecule has 1 saturated carbocycles. The van der Waals surface area contributed by atoms with Crippen molar-refractivity contribution in [2.75, 3.05) is 23.9 Å². The van der Waals surface area contributed by atoms with E-state index < -0.39 is 11.7 Å². The second-order valence-electron chi connectivity index (χ2n) is 5.60. The van der Waals surface area contributed by atoms with Crippen LogP contribution >= 0.6 is 11.8 Å². The average Bonchev–Trinajstić information content (AvgIpc) is 2.46. The quantitative estimate of drug-likeness (QED) is 0.786. The van der Waals surface area contributed by atoms with Gasteiger partial charge in [0.25, 0.3) is 0 Å². The van der Waals surface area contributed by atoms with E-state index >= 15 is 0 Å². The Morgan fingerprint density at radius 1 is 1.24 bits per heavy atom. The first-order valence-electron chi connectivity index (χ1n) is 7.12. The van der Waals surface area contributed by atoms with Gasteiger partial charge in [0, 0.05) is 11.3 Å². The van der Waals surface area contributed by atoms with Crippen molar-refractivity contribution in [3.8, 4) is 0 Å². The number of hydrogen-bond donors (Lipinski definition) is 2. The van der Waals surface area contributed by atoms with Crippen LogP contribution < -0.4 is 11.1 Å². The molecule has 6 heteroatoms. The third-order valence-corrected chi connectivity index (χ3v) is 5.60. The molecule has 0 heterocycles. The molecule has 0 radical (unpaired) electrons. The van der Waals surface area contributed by atoms with E-state index in [4.69, 9.17) is 5.73 Å². The first kappa shape index (κ1) is 16.3. The Morgan fingerprint density at radius 2 is 1.90 bits per heavy atom. The number of anilines is 2. The summed E-state index contributed by atoms with van der Waals surface area (Å²) >= 11 is 1.84. The van der Waals surface area contributed by atoms with E-state index in [2.05, 4.69) is 11.6 Å². The van der Waals surface area contributed by atoms with Crippen molar-refractivity contribution >= 4 is 23.1 Å². The number of hydrogen-bond acceptors (Lipinski definition) is 3. The lowest BCUT2D eigenvalue weighted by molar-refractivity contribution is -0.137. The Morgan fingerprint density at radius 3 is 2.43 bits per heavy atom. The molecule has 0 unspecified atom stereocenters. The topological polar surface area (TPSA) is 38.0 Å². The van der Waals surface area contributed by atoms with Gasteiger partial charge < -0.3 is 11.1 Å². The summed E-state index contributed by atoms with van der Waals surface area (Å²) in [4.78, 5) is 0. The van der Waals surface area contributed by atoms with Gasteiger partial charge in [0.1, 0.15) is 0 Å². The highest BCUT2D eigenvalue weighted by atomic mass is 32.2. The summed E-state index contributed by atoms with van der Waals surface area (Å²) in [6.45, 7) is 0.740. The summed E-state index contributed by atoms with van der Waals surface area (Å²) in [6, 6.07) is 3.50. The third kappa shape index (κ3) is 3.99. The maximum atomic E-state index is 12.6. The van der Waals surface area contributed by atoms with Crippen molar-refractivity contribution in [1.82, 2.24) is 0 Å². The minimum absolute atomic E-state index is 0.150. The molecule has 0 saturated heterocycles. The van der Waals surface area contributed by atoms with Gasteiger partial charge in [0.15, 0.2) is 0 Å². The normalized spacial score (nSPS) is 18.5. The molecule has 1 aliphatic rings. The monoisotopic (exact) mass is 318 g/mol. The minimum Gasteiger partial charge on any atom is -0.397 e. The van der Waals surface area contributed by atoms with Gasteiger partial charge >= 0.3 is 6.18 Å². The third-order valence-electron chi connectivity index (χ3n) is 4.18. The van der Waals surface area contributed by atoms with Crippen LogP contribution in [0.25, 0.3) is 0 Å². The van der Waals surface area contributed by atoms with Crippen LogP contribution in [0.15, 0.2) is 18.2 Å². The Kier molecular flexibility index (Phi) is 4.96. The minimum atomic E-state index is -4.35. The number of halogens is 3. The maximum Gasteiger partial charge on any atom is 0.416 e. The van der Waals surface area contributed by atoms with E-state index in [-0.39, 0.29) is 10.4 Å². The van der Waals surface area contributed by atoms with E-state index in [1.54, 1.807) is 0 Å². The molecule has 0 aromatic heterocycles. The fourth-order valence-corrected chi connectivity index (χ4v) is 3.72. The molecule has 1 aliphatic carbocycles. The molecule has 118 valence electrons. The molecule has 2 nitrogen and oxygen atoms in total. The predicted molar refractivity (Wildman–Crippen MR) is 83.7 cm³/mol. The summed E-state index contributed by atoms with van der Waals surface area (Å²) in [7, 11) is 0. The van der Waals surface area contributed by atoms with E-state index in [1.165, 1.54) is 25.3 Å². The zero-order chi connectivity index (χ0) is 15.5. The van der Waals surface area contributed by atoms with Crippen LogP contribution in [0, 0.1) is 0 Å². The summed E-state index contributed by atoms with van der Waals surface area (Å²) in [5.41, 5.74) is 5.78. The van der Waals surface area contributed by atoms with Crippen molar-refractivity contribution in [2.45, 2.75) is 43.0 Å². The molecule has 1 aromatic carbocycles. The number of benzene rings is 1. The van der Waals surface area contributed by atoms with Crippen LogP contribution in [0.5, 0.6) is 0 Å². The van der Waals surface area contributed by atoms with Gasteiger partial charge in [-0.3, -0.25) is 0 Å². The fourth-order valence-electron chi connectivity index (χ4n) is 2.81. The second-order valence-corrected chi connectivity index (χ2v) is 6.88. The molecule has 0 atom stereocenters. The standard InChI is InChI=1S/C15H21F3N2S/c1-21-14(7-3-2-4-8-14)10-20-13-6-5-11(9-12(13)19)15(16,17)18/h5-6,9,20H,2-4,7-8,10,19H2,1H3. The van der Waals surface area contributed by atoms with Gasteiger partial charge in [-0.25, -0.2) is 0 Å². The number of nitrogens with two attached hydrogens (primary N) is 1. The smallest absolute Gasteiger partial charge is 0.397 e. The molecular weight excluding hydrogens is 297 g/mol. The molecule has 2 rings (SSSR count). The Balaban J connectivity index is 2.06. The van der Waals surface area contributed by atoms with Crippen LogP contribution in [0.3, 0.4) is 0 Å². The van der Waals surface area contributed by atoms with Crippen LogP contribution in [0.1, 0.15) is 37.7 Å². The van der Waals surface area contributed by atoms with E-state index in [0.29, 0.717) is 5.69 Å². The average molecular weight is 318 g/mol. The van der Waals surface area contributed by atoms with Crippen LogP contribution in [-0.2, 0) is 6.18 Å². The fraction of sp³-hybridized carbons (Fsp3) is 0.600. The van der Waals surface area contributed by atoms with Crippen molar-refractivity contribution in [1.29, 1.82) is 0 Å². The van der Waals surface area contributed by atoms with Crippen molar-refractivity contribution < 1.29 is 13.2 Å². The van der Waals surface area contributed by atoms with Crippen molar-refractivity contribution in [3.05, 3.63) is 23.8 Å². The zero-order valence-electron chi connectivity index (χ0n) is 12.1. The highest BCUT2D eigenvalue weighted by Gasteiger charge is 2.32. The van der Waals surface area contributed by atoms with Gasteiger partial charge in [-0.1, -0.05) is 19.3 Å². The first-order chi connectivity index (χ1) is 9.86. The van der Waals surface area contributed by atoms with Gasteiger partial charge in [0.2, 0.25) is 0 Å². The molecule has 0 spiro atoms. The van der Waals surface area contributed by atoms with Gasteiger partial charge in [-0.2, -0.15) is 24.9 Å². The lowest BCUT2D eigenvalue weighted by atomic mass is 9.88. The summed E-state index contributed by atoms with van der Waals surface area (Å²) < 4.78 is 38.0. The van der Waals surface area contributed by atoms with E-state index in [9.17, 15) is 13.2 Å². The van der Waals surface area contributed by atoms with Gasteiger partial charge in [0.05, 0.1) is 16.9 Å². The first-order valence-corrected chi connectivity index (χ1v) is 8.34. The molecule has 1 fully saturated rings. The van der Waals surface area contributed by atoms with Crippen molar-refractivity contribution in [2.24, 2.45) is 0 Å². The molecule has 3 N–H and O–H groups in total. The number of rotatable bonds is 4. The van der Waals surface area contributed by atoms with E-state index in [0.717, 1.165) is 31.5 Å².